The topological polar surface area (TPSA) is 55.4 Å². The average molecular weight is 323 g/mol. The predicted molar refractivity (Wildman–Crippen MR) is 91.5 cm³/mol. The van der Waals surface area contributed by atoms with Gasteiger partial charge in [0, 0.05) is 18.0 Å². The highest BCUT2D eigenvalue weighted by Gasteiger charge is 2.21. The lowest BCUT2D eigenvalue weighted by atomic mass is 10.0. The maximum Gasteiger partial charge on any atom is 0.407 e. The Balaban J connectivity index is 2.64. The van der Waals surface area contributed by atoms with Crippen LogP contribution in [0, 0.1) is 0 Å². The number of nitrogens with one attached hydrogen (secondary N) is 1. The van der Waals surface area contributed by atoms with Gasteiger partial charge in [0.25, 0.3) is 0 Å². The van der Waals surface area contributed by atoms with Crippen molar-refractivity contribution in [1.82, 2.24) is 5.32 Å². The van der Waals surface area contributed by atoms with E-state index in [2.05, 4.69) is 5.32 Å². The molecule has 0 spiro atoms. The zero-order chi connectivity index (χ0) is 16.6. The van der Waals surface area contributed by atoms with Crippen LogP contribution >= 0.6 is 11.8 Å². The summed E-state index contributed by atoms with van der Waals surface area (Å²) in [5.74, 6) is 0.908. The third-order valence-corrected chi connectivity index (χ3v) is 3.56. The minimum Gasteiger partial charge on any atom is -0.444 e. The summed E-state index contributed by atoms with van der Waals surface area (Å²) in [6, 6.07) is 8.93. The van der Waals surface area contributed by atoms with Crippen molar-refractivity contribution in [1.29, 1.82) is 0 Å². The molecule has 1 N–H and O–H groups in total. The average Bonchev–Trinajstić information content (AvgIpc) is 2.43. The fourth-order valence-corrected chi connectivity index (χ4v) is 2.45. The Morgan fingerprint density at radius 3 is 2.41 bits per heavy atom. The SMILES string of the molecule is CSCCC(CC(=O)c1ccccc1)NC(=O)OC(C)(C)C. The van der Waals surface area contributed by atoms with Crippen molar-refractivity contribution in [2.45, 2.75) is 45.3 Å². The van der Waals surface area contributed by atoms with Crippen LogP contribution < -0.4 is 5.32 Å². The molecular formula is C17H25NO3S. The van der Waals surface area contributed by atoms with Crippen LogP contribution in [0.5, 0.6) is 0 Å². The van der Waals surface area contributed by atoms with Crippen molar-refractivity contribution in [3.8, 4) is 0 Å². The standard InChI is InChI=1S/C17H25NO3S/c1-17(2,3)21-16(20)18-14(10-11-22-4)12-15(19)13-8-6-5-7-9-13/h5-9,14H,10-12H2,1-4H3,(H,18,20). The molecule has 1 aromatic rings. The highest BCUT2D eigenvalue weighted by Crippen LogP contribution is 2.12. The van der Waals surface area contributed by atoms with E-state index in [-0.39, 0.29) is 18.2 Å². The van der Waals surface area contributed by atoms with Gasteiger partial charge in [0.15, 0.2) is 5.78 Å². The molecule has 122 valence electrons. The molecule has 0 fully saturated rings. The summed E-state index contributed by atoms with van der Waals surface area (Å²) in [6.07, 6.45) is 2.55. The first-order valence-electron chi connectivity index (χ1n) is 7.38. The summed E-state index contributed by atoms with van der Waals surface area (Å²) in [7, 11) is 0. The summed E-state index contributed by atoms with van der Waals surface area (Å²) in [4.78, 5) is 24.2. The first-order valence-corrected chi connectivity index (χ1v) is 8.78. The summed E-state index contributed by atoms with van der Waals surface area (Å²) in [6.45, 7) is 5.45. The van der Waals surface area contributed by atoms with E-state index < -0.39 is 11.7 Å². The number of rotatable bonds is 7. The second-order valence-corrected chi connectivity index (χ2v) is 7.10. The lowest BCUT2D eigenvalue weighted by Crippen LogP contribution is -2.40. The van der Waals surface area contributed by atoms with E-state index in [4.69, 9.17) is 4.74 Å². The molecule has 0 heterocycles. The summed E-state index contributed by atoms with van der Waals surface area (Å²) in [5.41, 5.74) is 0.125. The number of hydrogen-bond acceptors (Lipinski definition) is 4. The monoisotopic (exact) mass is 323 g/mol. The van der Waals surface area contributed by atoms with Crippen LogP contribution in [0.2, 0.25) is 0 Å². The van der Waals surface area contributed by atoms with Gasteiger partial charge < -0.3 is 10.1 Å². The number of Topliss-reactive ketones (excluding diaryl/α,β-unsaturated/α-hetero) is 1. The van der Waals surface area contributed by atoms with Crippen LogP contribution in [0.15, 0.2) is 30.3 Å². The first kappa shape index (κ1) is 18.6. The van der Waals surface area contributed by atoms with Gasteiger partial charge in [-0.15, -0.1) is 0 Å². The maximum absolute atomic E-state index is 12.3. The van der Waals surface area contributed by atoms with Gasteiger partial charge in [-0.2, -0.15) is 11.8 Å². The Hall–Kier alpha value is -1.49. The van der Waals surface area contributed by atoms with Crippen molar-refractivity contribution in [2.24, 2.45) is 0 Å². The normalized spacial score (nSPS) is 12.5. The Kier molecular flexibility index (Phi) is 7.45. The molecule has 0 aliphatic carbocycles. The first-order chi connectivity index (χ1) is 10.3. The van der Waals surface area contributed by atoms with Crippen LogP contribution in [0.25, 0.3) is 0 Å². The van der Waals surface area contributed by atoms with Gasteiger partial charge in [-0.3, -0.25) is 4.79 Å². The van der Waals surface area contributed by atoms with Crippen molar-refractivity contribution >= 4 is 23.6 Å². The molecule has 0 aliphatic rings. The number of hydrogen-bond donors (Lipinski definition) is 1. The minimum absolute atomic E-state index is 0.0303. The number of ketones is 1. The lowest BCUT2D eigenvalue weighted by molar-refractivity contribution is 0.0501. The van der Waals surface area contributed by atoms with Gasteiger partial charge in [0.05, 0.1) is 0 Å². The molecule has 1 aromatic carbocycles. The zero-order valence-corrected chi connectivity index (χ0v) is 14.5. The van der Waals surface area contributed by atoms with Crippen LogP contribution in [0.3, 0.4) is 0 Å². The molecule has 0 bridgehead atoms. The van der Waals surface area contributed by atoms with Crippen molar-refractivity contribution in [3.63, 3.8) is 0 Å². The zero-order valence-electron chi connectivity index (χ0n) is 13.7. The maximum atomic E-state index is 12.3. The molecule has 1 atom stereocenters. The van der Waals surface area contributed by atoms with Gasteiger partial charge in [-0.25, -0.2) is 4.79 Å². The molecule has 0 saturated heterocycles. The number of alkyl carbamates (subject to hydrolysis) is 1. The molecule has 0 saturated carbocycles. The van der Waals surface area contributed by atoms with E-state index in [1.54, 1.807) is 23.9 Å². The fraction of sp³-hybridized carbons (Fsp3) is 0.529. The number of carbonyl (C=O) groups excluding carboxylic acids is 2. The van der Waals surface area contributed by atoms with E-state index in [0.717, 1.165) is 12.2 Å². The highest BCUT2D eigenvalue weighted by molar-refractivity contribution is 7.98. The fourth-order valence-electron chi connectivity index (χ4n) is 1.93. The summed E-state index contributed by atoms with van der Waals surface area (Å²) >= 11 is 1.69. The van der Waals surface area contributed by atoms with Gasteiger partial charge in [0.1, 0.15) is 5.60 Å². The highest BCUT2D eigenvalue weighted by atomic mass is 32.2. The predicted octanol–water partition coefficient (Wildman–Crippen LogP) is 3.91. The minimum atomic E-state index is -0.544. The van der Waals surface area contributed by atoms with Gasteiger partial charge in [0.2, 0.25) is 0 Å². The second kappa shape index (κ2) is 8.83. The van der Waals surface area contributed by atoms with Crippen LogP contribution in [-0.4, -0.2) is 35.5 Å². The number of carbonyl (C=O) groups is 2. The molecule has 0 aliphatic heterocycles. The molecule has 1 unspecified atom stereocenters. The second-order valence-electron chi connectivity index (χ2n) is 6.12. The Morgan fingerprint density at radius 2 is 1.86 bits per heavy atom. The summed E-state index contributed by atoms with van der Waals surface area (Å²) in [5, 5.41) is 2.81. The summed E-state index contributed by atoms with van der Waals surface area (Å²) < 4.78 is 5.27. The van der Waals surface area contributed by atoms with Crippen LogP contribution in [0.1, 0.15) is 44.0 Å². The molecule has 22 heavy (non-hydrogen) atoms. The van der Waals surface area contributed by atoms with Crippen molar-refractivity contribution < 1.29 is 14.3 Å². The van der Waals surface area contributed by atoms with Gasteiger partial charge in [-0.05, 0) is 39.2 Å². The molecule has 5 heteroatoms. The quantitative estimate of drug-likeness (QED) is 0.773. The Bertz CT molecular complexity index is 482. The third kappa shape index (κ3) is 7.50. The Labute approximate surface area is 137 Å². The van der Waals surface area contributed by atoms with Gasteiger partial charge in [-0.1, -0.05) is 30.3 Å². The van der Waals surface area contributed by atoms with E-state index in [1.165, 1.54) is 0 Å². The van der Waals surface area contributed by atoms with Crippen molar-refractivity contribution in [2.75, 3.05) is 12.0 Å². The van der Waals surface area contributed by atoms with E-state index in [9.17, 15) is 9.59 Å². The molecule has 1 amide bonds. The number of benzene rings is 1. The smallest absolute Gasteiger partial charge is 0.407 e. The number of amides is 1. The molecular weight excluding hydrogens is 298 g/mol. The van der Waals surface area contributed by atoms with E-state index in [1.807, 2.05) is 45.2 Å². The van der Waals surface area contributed by atoms with Crippen LogP contribution in [-0.2, 0) is 4.74 Å². The van der Waals surface area contributed by atoms with E-state index in [0.29, 0.717) is 5.56 Å². The third-order valence-electron chi connectivity index (χ3n) is 2.92. The Morgan fingerprint density at radius 1 is 1.23 bits per heavy atom. The largest absolute Gasteiger partial charge is 0.444 e. The van der Waals surface area contributed by atoms with Crippen molar-refractivity contribution in [3.05, 3.63) is 35.9 Å². The molecule has 4 nitrogen and oxygen atoms in total. The number of thioether (sulfide) groups is 1. The van der Waals surface area contributed by atoms with Crippen LogP contribution in [0.4, 0.5) is 4.79 Å². The van der Waals surface area contributed by atoms with E-state index >= 15 is 0 Å². The van der Waals surface area contributed by atoms with Gasteiger partial charge >= 0.3 is 6.09 Å². The lowest BCUT2D eigenvalue weighted by Gasteiger charge is -2.23. The molecule has 1 rings (SSSR count). The molecule has 0 radical (unpaired) electrons. The number of ether oxygens (including phenoxy) is 1. The molecule has 0 aromatic heterocycles.